The van der Waals surface area contributed by atoms with Crippen LogP contribution in [-0.4, -0.2) is 51.6 Å². The van der Waals surface area contributed by atoms with Gasteiger partial charge in [-0.05, 0) is 57.4 Å². The zero-order valence-electron chi connectivity index (χ0n) is 16.4. The Bertz CT molecular complexity index is 892. The molecule has 6 nitrogen and oxygen atoms in total. The second-order valence-electron chi connectivity index (χ2n) is 7.79. The molecule has 1 atom stereocenters. The summed E-state index contributed by atoms with van der Waals surface area (Å²) in [7, 11) is 0. The molecule has 1 fully saturated rings. The predicted molar refractivity (Wildman–Crippen MR) is 113 cm³/mol. The number of aromatic nitrogens is 2. The number of allylic oxidation sites excluding steroid dienone is 1. The van der Waals surface area contributed by atoms with Gasteiger partial charge in [-0.15, -0.1) is 11.3 Å². The van der Waals surface area contributed by atoms with Gasteiger partial charge >= 0.3 is 0 Å². The van der Waals surface area contributed by atoms with Crippen LogP contribution in [0.3, 0.4) is 0 Å². The topological polar surface area (TPSA) is 78.4 Å². The molecule has 0 spiro atoms. The predicted octanol–water partition coefficient (Wildman–Crippen LogP) is 3.90. The molecule has 2 aromatic heterocycles. The summed E-state index contributed by atoms with van der Waals surface area (Å²) in [5.74, 6) is 0.811. The van der Waals surface area contributed by atoms with Gasteiger partial charge < -0.3 is 15.3 Å². The van der Waals surface area contributed by atoms with Crippen LogP contribution in [0.15, 0.2) is 18.0 Å². The fourth-order valence-corrected chi connectivity index (χ4v) is 5.28. The van der Waals surface area contributed by atoms with Crippen molar-refractivity contribution in [1.82, 2.24) is 14.9 Å². The monoisotopic (exact) mass is 400 g/mol. The normalized spacial score (nSPS) is 20.3. The van der Waals surface area contributed by atoms with Crippen LogP contribution in [0.5, 0.6) is 0 Å². The van der Waals surface area contributed by atoms with Crippen LogP contribution >= 0.6 is 11.3 Å². The van der Waals surface area contributed by atoms with Gasteiger partial charge in [0.1, 0.15) is 17.0 Å². The van der Waals surface area contributed by atoms with E-state index in [1.165, 1.54) is 42.6 Å². The highest BCUT2D eigenvalue weighted by atomic mass is 32.1. The number of nitrogens with one attached hydrogen (secondary N) is 1. The number of carbonyl (C=O) groups excluding carboxylic acids is 1. The van der Waals surface area contributed by atoms with E-state index in [0.29, 0.717) is 18.0 Å². The zero-order valence-corrected chi connectivity index (χ0v) is 17.2. The van der Waals surface area contributed by atoms with Gasteiger partial charge in [-0.25, -0.2) is 9.97 Å². The lowest BCUT2D eigenvalue weighted by molar-refractivity contribution is 0.0477. The van der Waals surface area contributed by atoms with Gasteiger partial charge in [-0.1, -0.05) is 11.6 Å². The number of anilines is 1. The first kappa shape index (κ1) is 19.3. The molecule has 0 bridgehead atoms. The zero-order chi connectivity index (χ0) is 19.5. The van der Waals surface area contributed by atoms with Crippen molar-refractivity contribution in [3.63, 3.8) is 0 Å². The summed E-state index contributed by atoms with van der Waals surface area (Å²) in [6.45, 7) is 3.94. The first-order valence-electron chi connectivity index (χ1n) is 10.3. The number of carbonyl (C=O) groups is 1. The van der Waals surface area contributed by atoms with Crippen molar-refractivity contribution in [2.24, 2.45) is 0 Å². The van der Waals surface area contributed by atoms with Crippen LogP contribution in [0, 0.1) is 6.92 Å². The average Bonchev–Trinajstić information content (AvgIpc) is 3.06. The van der Waals surface area contributed by atoms with E-state index in [1.54, 1.807) is 11.2 Å². The van der Waals surface area contributed by atoms with E-state index in [9.17, 15) is 9.90 Å². The molecular formula is C21H28N4O2S. The summed E-state index contributed by atoms with van der Waals surface area (Å²) in [6.07, 6.45) is 11.2. The molecule has 2 aliphatic rings. The molecule has 4 rings (SSSR count). The highest BCUT2D eigenvalue weighted by Crippen LogP contribution is 2.34. The summed E-state index contributed by atoms with van der Waals surface area (Å²) >= 11 is 1.43. The Morgan fingerprint density at radius 2 is 2.25 bits per heavy atom. The van der Waals surface area contributed by atoms with Gasteiger partial charge in [-0.2, -0.15) is 0 Å². The minimum Gasteiger partial charge on any atom is -0.391 e. The standard InChI is InChI=1S/C21H28N4O2S/c1-14-17-19(22-10-9-15-6-3-2-4-7-15)23-13-24-20(17)28-18(14)21(27)25-11-5-8-16(26)12-25/h6,13,16,26H,2-5,7-12H2,1H3,(H,22,23,24)/t16-/m0/s1. The number of amides is 1. The second kappa shape index (κ2) is 8.57. The molecule has 1 aliphatic carbocycles. The van der Waals surface area contributed by atoms with Crippen LogP contribution in [0.1, 0.15) is 60.2 Å². The van der Waals surface area contributed by atoms with E-state index >= 15 is 0 Å². The highest BCUT2D eigenvalue weighted by Gasteiger charge is 2.27. The number of hydrogen-bond acceptors (Lipinski definition) is 6. The molecule has 7 heteroatoms. The lowest BCUT2D eigenvalue weighted by atomic mass is 9.97. The Morgan fingerprint density at radius 3 is 3.04 bits per heavy atom. The number of aliphatic hydroxyl groups is 1. The van der Waals surface area contributed by atoms with Gasteiger partial charge in [0, 0.05) is 19.6 Å². The molecular weight excluding hydrogens is 372 g/mol. The van der Waals surface area contributed by atoms with E-state index in [2.05, 4.69) is 21.4 Å². The summed E-state index contributed by atoms with van der Waals surface area (Å²) in [5, 5.41) is 14.3. The van der Waals surface area contributed by atoms with Gasteiger partial charge in [0.05, 0.1) is 16.4 Å². The van der Waals surface area contributed by atoms with E-state index < -0.39 is 6.10 Å². The third-order valence-corrected chi connectivity index (χ3v) is 6.92. The van der Waals surface area contributed by atoms with Crippen LogP contribution in [0.25, 0.3) is 10.2 Å². The minimum atomic E-state index is -0.418. The number of rotatable bonds is 5. The number of fused-ring (bicyclic) bond motifs is 1. The number of hydrogen-bond donors (Lipinski definition) is 2. The third-order valence-electron chi connectivity index (χ3n) is 5.73. The van der Waals surface area contributed by atoms with E-state index in [1.807, 2.05) is 6.92 Å². The number of likely N-dealkylation sites (tertiary alicyclic amines) is 1. The third kappa shape index (κ3) is 4.05. The average molecular weight is 401 g/mol. The Kier molecular flexibility index (Phi) is 5.92. The van der Waals surface area contributed by atoms with E-state index in [0.717, 1.165) is 47.4 Å². The van der Waals surface area contributed by atoms with Crippen LogP contribution in [0.4, 0.5) is 5.82 Å². The Hall–Kier alpha value is -1.99. The SMILES string of the molecule is Cc1c(C(=O)N2CCC[C@H](O)C2)sc2ncnc(NCCC3=CCCCC3)c12. The summed E-state index contributed by atoms with van der Waals surface area (Å²) in [6, 6.07) is 0. The maximum Gasteiger partial charge on any atom is 0.264 e. The summed E-state index contributed by atoms with van der Waals surface area (Å²) in [4.78, 5) is 25.2. The van der Waals surface area contributed by atoms with E-state index in [-0.39, 0.29) is 5.91 Å². The van der Waals surface area contributed by atoms with Gasteiger partial charge in [0.25, 0.3) is 5.91 Å². The van der Waals surface area contributed by atoms with Gasteiger partial charge in [0.2, 0.25) is 0 Å². The molecule has 0 radical (unpaired) electrons. The lowest BCUT2D eigenvalue weighted by Crippen LogP contribution is -2.42. The molecule has 1 amide bonds. The van der Waals surface area contributed by atoms with Crippen LogP contribution in [-0.2, 0) is 0 Å². The maximum atomic E-state index is 13.0. The highest BCUT2D eigenvalue weighted by molar-refractivity contribution is 7.20. The van der Waals surface area contributed by atoms with Crippen molar-refractivity contribution in [3.8, 4) is 0 Å². The Balaban J connectivity index is 1.52. The number of aryl methyl sites for hydroxylation is 1. The van der Waals surface area contributed by atoms with Crippen molar-refractivity contribution >= 4 is 33.3 Å². The number of nitrogens with zero attached hydrogens (tertiary/aromatic N) is 3. The molecule has 0 saturated carbocycles. The molecule has 2 aromatic rings. The number of β-amino-alcohol motifs (C(OH)–C–C–N with tert-alkyl or cyclic N) is 1. The molecule has 28 heavy (non-hydrogen) atoms. The maximum absolute atomic E-state index is 13.0. The number of piperidine rings is 1. The van der Waals surface area contributed by atoms with Crippen LogP contribution < -0.4 is 5.32 Å². The van der Waals surface area contributed by atoms with Crippen molar-refractivity contribution in [3.05, 3.63) is 28.4 Å². The quantitative estimate of drug-likeness (QED) is 0.744. The first-order chi connectivity index (χ1) is 13.6. The molecule has 150 valence electrons. The molecule has 1 saturated heterocycles. The molecule has 0 aromatic carbocycles. The fraction of sp³-hybridized carbons (Fsp3) is 0.571. The number of thiophene rings is 1. The van der Waals surface area contributed by atoms with Gasteiger partial charge in [-0.3, -0.25) is 4.79 Å². The van der Waals surface area contributed by atoms with Crippen molar-refractivity contribution < 1.29 is 9.90 Å². The number of aliphatic hydroxyl groups excluding tert-OH is 1. The Labute approximate surface area is 169 Å². The fourth-order valence-electron chi connectivity index (χ4n) is 4.17. The Morgan fingerprint density at radius 1 is 1.36 bits per heavy atom. The van der Waals surface area contributed by atoms with Crippen LogP contribution in [0.2, 0.25) is 0 Å². The molecule has 3 heterocycles. The molecule has 2 N–H and O–H groups in total. The first-order valence-corrected chi connectivity index (χ1v) is 11.1. The molecule has 1 aliphatic heterocycles. The lowest BCUT2D eigenvalue weighted by Gasteiger charge is -2.29. The van der Waals surface area contributed by atoms with E-state index in [4.69, 9.17) is 0 Å². The van der Waals surface area contributed by atoms with Crippen molar-refractivity contribution in [2.75, 3.05) is 25.0 Å². The van der Waals surface area contributed by atoms with Gasteiger partial charge in [0.15, 0.2) is 0 Å². The van der Waals surface area contributed by atoms with Crippen molar-refractivity contribution in [2.45, 2.75) is 58.0 Å². The summed E-state index contributed by atoms with van der Waals surface area (Å²) < 4.78 is 0. The smallest absolute Gasteiger partial charge is 0.264 e. The second-order valence-corrected chi connectivity index (χ2v) is 8.79. The molecule has 0 unspecified atom stereocenters. The largest absolute Gasteiger partial charge is 0.391 e. The minimum absolute atomic E-state index is 0.00226. The summed E-state index contributed by atoms with van der Waals surface area (Å²) in [5.41, 5.74) is 2.47. The van der Waals surface area contributed by atoms with Crippen molar-refractivity contribution in [1.29, 1.82) is 0 Å².